The summed E-state index contributed by atoms with van der Waals surface area (Å²) in [7, 11) is 0. The highest BCUT2D eigenvalue weighted by molar-refractivity contribution is 5.95. The zero-order valence-corrected chi connectivity index (χ0v) is 10.6. The Hall–Kier alpha value is -2.69. The molecule has 0 spiro atoms. The van der Waals surface area contributed by atoms with Crippen LogP contribution in [-0.4, -0.2) is 17.4 Å². The average Bonchev–Trinajstić information content (AvgIpc) is 2.98. The lowest BCUT2D eigenvalue weighted by Gasteiger charge is -2.03. The highest BCUT2D eigenvalue weighted by Crippen LogP contribution is 2.25. The molecule has 0 fully saturated rings. The second-order valence-electron chi connectivity index (χ2n) is 4.48. The van der Waals surface area contributed by atoms with Gasteiger partial charge in [-0.2, -0.15) is 0 Å². The number of non-ortho nitro benzene ring substituents is 1. The first kappa shape index (κ1) is 12.3. The third kappa shape index (κ3) is 2.38. The molecular weight excluding hydrogens is 256 g/mol. The van der Waals surface area contributed by atoms with Crippen LogP contribution < -0.4 is 0 Å². The van der Waals surface area contributed by atoms with Crippen molar-refractivity contribution in [2.24, 2.45) is 4.99 Å². The van der Waals surface area contributed by atoms with Crippen LogP contribution in [0.3, 0.4) is 0 Å². The summed E-state index contributed by atoms with van der Waals surface area (Å²) in [4.78, 5) is 14.7. The molecule has 1 aliphatic heterocycles. The lowest BCUT2D eigenvalue weighted by atomic mass is 10.1. The quantitative estimate of drug-likeness (QED) is 0.634. The first-order valence-corrected chi connectivity index (χ1v) is 6.24. The summed E-state index contributed by atoms with van der Waals surface area (Å²) in [6, 6.07) is 16.1. The molecule has 20 heavy (non-hydrogen) atoms. The van der Waals surface area contributed by atoms with Crippen molar-refractivity contribution in [3.8, 4) is 0 Å². The van der Waals surface area contributed by atoms with Crippen LogP contribution in [0.25, 0.3) is 0 Å². The molecule has 0 saturated carbocycles. The molecular formula is C15H12N2O3. The fourth-order valence-electron chi connectivity index (χ4n) is 2.10. The standard InChI is InChI=1S/C15H12N2O3/c18-17(19)13-8-6-12(7-9-13)15-16-14(10-20-15)11-4-2-1-3-5-11/h1-9,14H,10H2. The Balaban J connectivity index is 1.83. The maximum Gasteiger partial charge on any atom is 0.269 e. The van der Waals surface area contributed by atoms with E-state index in [1.54, 1.807) is 12.1 Å². The second kappa shape index (κ2) is 5.13. The van der Waals surface area contributed by atoms with Gasteiger partial charge in [-0.3, -0.25) is 10.1 Å². The number of nitrogens with zero attached hydrogens (tertiary/aromatic N) is 2. The van der Waals surface area contributed by atoms with Gasteiger partial charge in [0.15, 0.2) is 0 Å². The van der Waals surface area contributed by atoms with Crippen molar-refractivity contribution in [2.75, 3.05) is 6.61 Å². The van der Waals surface area contributed by atoms with Gasteiger partial charge >= 0.3 is 0 Å². The number of benzene rings is 2. The molecule has 2 aromatic rings. The van der Waals surface area contributed by atoms with Gasteiger partial charge in [-0.25, -0.2) is 4.99 Å². The molecule has 0 saturated heterocycles. The van der Waals surface area contributed by atoms with Gasteiger partial charge in [-0.1, -0.05) is 30.3 Å². The summed E-state index contributed by atoms with van der Waals surface area (Å²) in [6.45, 7) is 0.496. The van der Waals surface area contributed by atoms with Gasteiger partial charge in [0.2, 0.25) is 5.90 Å². The molecule has 0 aliphatic carbocycles. The van der Waals surface area contributed by atoms with Gasteiger partial charge in [-0.05, 0) is 17.7 Å². The van der Waals surface area contributed by atoms with Crippen LogP contribution in [-0.2, 0) is 4.74 Å². The molecule has 1 unspecified atom stereocenters. The number of hydrogen-bond donors (Lipinski definition) is 0. The Kier molecular flexibility index (Phi) is 3.16. The molecule has 5 nitrogen and oxygen atoms in total. The summed E-state index contributed by atoms with van der Waals surface area (Å²) >= 11 is 0. The van der Waals surface area contributed by atoms with Gasteiger partial charge in [0.05, 0.1) is 4.92 Å². The largest absolute Gasteiger partial charge is 0.475 e. The number of rotatable bonds is 3. The van der Waals surface area contributed by atoms with E-state index in [0.29, 0.717) is 12.5 Å². The molecule has 0 amide bonds. The minimum atomic E-state index is -0.423. The third-order valence-electron chi connectivity index (χ3n) is 3.16. The van der Waals surface area contributed by atoms with E-state index in [4.69, 9.17) is 4.74 Å². The van der Waals surface area contributed by atoms with E-state index in [9.17, 15) is 10.1 Å². The van der Waals surface area contributed by atoms with E-state index in [0.717, 1.165) is 11.1 Å². The van der Waals surface area contributed by atoms with Gasteiger partial charge in [0.25, 0.3) is 5.69 Å². The summed E-state index contributed by atoms with van der Waals surface area (Å²) in [5.41, 5.74) is 1.92. The van der Waals surface area contributed by atoms with Crippen molar-refractivity contribution in [3.05, 3.63) is 75.8 Å². The summed E-state index contributed by atoms with van der Waals surface area (Å²) in [5, 5.41) is 10.6. The summed E-state index contributed by atoms with van der Waals surface area (Å²) in [5.74, 6) is 0.536. The molecule has 0 bridgehead atoms. The van der Waals surface area contributed by atoms with Gasteiger partial charge in [0, 0.05) is 17.7 Å². The Bertz CT molecular complexity index is 651. The lowest BCUT2D eigenvalue weighted by molar-refractivity contribution is -0.384. The average molecular weight is 268 g/mol. The fourth-order valence-corrected chi connectivity index (χ4v) is 2.10. The maximum absolute atomic E-state index is 10.6. The van der Waals surface area contributed by atoms with E-state index in [-0.39, 0.29) is 11.7 Å². The molecule has 0 aromatic heterocycles. The Morgan fingerprint density at radius 3 is 2.45 bits per heavy atom. The van der Waals surface area contributed by atoms with Crippen molar-refractivity contribution < 1.29 is 9.66 Å². The number of hydrogen-bond acceptors (Lipinski definition) is 4. The zero-order valence-electron chi connectivity index (χ0n) is 10.6. The van der Waals surface area contributed by atoms with Gasteiger partial charge in [-0.15, -0.1) is 0 Å². The minimum absolute atomic E-state index is 0.0126. The SMILES string of the molecule is O=[N+]([O-])c1ccc(C2=NC(c3ccccc3)CO2)cc1. The first-order chi connectivity index (χ1) is 9.74. The van der Waals surface area contributed by atoms with Crippen molar-refractivity contribution in [1.29, 1.82) is 0 Å². The fraction of sp³-hybridized carbons (Fsp3) is 0.133. The third-order valence-corrected chi connectivity index (χ3v) is 3.16. The molecule has 1 atom stereocenters. The molecule has 3 rings (SSSR count). The van der Waals surface area contributed by atoms with E-state index in [1.165, 1.54) is 12.1 Å². The highest BCUT2D eigenvalue weighted by atomic mass is 16.6. The number of aliphatic imine (C=N–C) groups is 1. The smallest absolute Gasteiger partial charge is 0.269 e. The van der Waals surface area contributed by atoms with Crippen molar-refractivity contribution >= 4 is 11.6 Å². The van der Waals surface area contributed by atoms with Crippen LogP contribution in [0.4, 0.5) is 5.69 Å². The Morgan fingerprint density at radius 2 is 1.80 bits per heavy atom. The highest BCUT2D eigenvalue weighted by Gasteiger charge is 2.21. The van der Waals surface area contributed by atoms with Crippen LogP contribution in [0.15, 0.2) is 59.6 Å². The van der Waals surface area contributed by atoms with Crippen molar-refractivity contribution in [2.45, 2.75) is 6.04 Å². The predicted molar refractivity (Wildman–Crippen MR) is 74.8 cm³/mol. The second-order valence-corrected chi connectivity index (χ2v) is 4.48. The monoisotopic (exact) mass is 268 g/mol. The van der Waals surface area contributed by atoms with Crippen molar-refractivity contribution in [1.82, 2.24) is 0 Å². The maximum atomic E-state index is 10.6. The minimum Gasteiger partial charge on any atom is -0.475 e. The van der Waals surface area contributed by atoms with Gasteiger partial charge in [0.1, 0.15) is 12.6 Å². The summed E-state index contributed by atoms with van der Waals surface area (Å²) in [6.07, 6.45) is 0. The molecule has 0 radical (unpaired) electrons. The molecule has 2 aromatic carbocycles. The van der Waals surface area contributed by atoms with Crippen molar-refractivity contribution in [3.63, 3.8) is 0 Å². The molecule has 1 heterocycles. The molecule has 100 valence electrons. The van der Waals surface area contributed by atoms with Crippen LogP contribution in [0.1, 0.15) is 17.2 Å². The van der Waals surface area contributed by atoms with Crippen LogP contribution in [0.5, 0.6) is 0 Å². The van der Waals surface area contributed by atoms with E-state index in [1.807, 2.05) is 30.3 Å². The molecule has 1 aliphatic rings. The molecule has 0 N–H and O–H groups in total. The lowest BCUT2D eigenvalue weighted by Crippen LogP contribution is -2.01. The van der Waals surface area contributed by atoms with Gasteiger partial charge < -0.3 is 4.74 Å². The predicted octanol–water partition coefficient (Wildman–Crippen LogP) is 3.11. The normalized spacial score (nSPS) is 17.4. The zero-order chi connectivity index (χ0) is 13.9. The number of ether oxygens (including phenoxy) is 1. The van der Waals surface area contributed by atoms with E-state index >= 15 is 0 Å². The molecule has 5 heteroatoms. The van der Waals surface area contributed by atoms with Crippen LogP contribution in [0, 0.1) is 10.1 Å². The number of nitro benzene ring substituents is 1. The summed E-state index contributed by atoms with van der Waals surface area (Å²) < 4.78 is 5.59. The van der Waals surface area contributed by atoms with E-state index < -0.39 is 4.92 Å². The van der Waals surface area contributed by atoms with Crippen LogP contribution >= 0.6 is 0 Å². The topological polar surface area (TPSA) is 64.7 Å². The first-order valence-electron chi connectivity index (χ1n) is 6.24. The van der Waals surface area contributed by atoms with E-state index in [2.05, 4.69) is 4.99 Å². The Morgan fingerprint density at radius 1 is 1.10 bits per heavy atom. The number of nitro groups is 1. The Labute approximate surface area is 115 Å². The van der Waals surface area contributed by atoms with Crippen LogP contribution in [0.2, 0.25) is 0 Å².